The Balaban J connectivity index is 3.13. The third kappa shape index (κ3) is 23.5. The molecule has 0 spiro atoms. The van der Waals surface area contributed by atoms with E-state index in [1.54, 1.807) is 0 Å². The van der Waals surface area contributed by atoms with Crippen LogP contribution in [0.25, 0.3) is 0 Å². The minimum Gasteiger partial charge on any atom is -0.466 e. The average molecular weight is 397 g/mol. The molecule has 2 heteroatoms. The van der Waals surface area contributed by atoms with Crippen LogP contribution in [0, 0.1) is 5.92 Å². The van der Waals surface area contributed by atoms with Crippen LogP contribution in [0.4, 0.5) is 0 Å². The molecule has 0 unspecified atom stereocenters. The lowest BCUT2D eigenvalue weighted by Crippen LogP contribution is -2.05. The van der Waals surface area contributed by atoms with Gasteiger partial charge in [0.05, 0.1) is 6.61 Å². The fourth-order valence-electron chi connectivity index (χ4n) is 3.73. The highest BCUT2D eigenvalue weighted by atomic mass is 16.5. The number of carbonyl (C=O) groups excluding carboxylic acids is 1. The maximum Gasteiger partial charge on any atom is 0.305 e. The lowest BCUT2D eigenvalue weighted by atomic mass is 10.0. The van der Waals surface area contributed by atoms with Gasteiger partial charge in [0.15, 0.2) is 0 Å². The SMILES string of the molecule is CCCCCCCCCC(=O)OCCCCCCCCCCCCCC(C)C. The summed E-state index contributed by atoms with van der Waals surface area (Å²) in [7, 11) is 0. The molecule has 0 radical (unpaired) electrons. The van der Waals surface area contributed by atoms with Gasteiger partial charge in [-0.25, -0.2) is 0 Å². The Hall–Kier alpha value is -0.530. The van der Waals surface area contributed by atoms with Crippen LogP contribution in [0.15, 0.2) is 0 Å². The van der Waals surface area contributed by atoms with E-state index in [1.165, 1.54) is 109 Å². The molecule has 0 atom stereocenters. The normalized spacial score (nSPS) is 11.3. The fourth-order valence-corrected chi connectivity index (χ4v) is 3.73. The Morgan fingerprint density at radius 1 is 0.607 bits per heavy atom. The first-order valence-electron chi connectivity index (χ1n) is 12.8. The molecular weight excluding hydrogens is 344 g/mol. The third-order valence-corrected chi connectivity index (χ3v) is 5.67. The number of hydrogen-bond acceptors (Lipinski definition) is 2. The second-order valence-corrected chi connectivity index (χ2v) is 9.16. The fraction of sp³-hybridized carbons (Fsp3) is 0.962. The summed E-state index contributed by atoms with van der Waals surface area (Å²) in [6.45, 7) is 7.52. The summed E-state index contributed by atoms with van der Waals surface area (Å²) >= 11 is 0. The van der Waals surface area contributed by atoms with Crippen LogP contribution in [0.2, 0.25) is 0 Å². The van der Waals surface area contributed by atoms with Gasteiger partial charge in [0.25, 0.3) is 0 Å². The predicted molar refractivity (Wildman–Crippen MR) is 124 cm³/mol. The Bertz CT molecular complexity index is 312. The van der Waals surface area contributed by atoms with Gasteiger partial charge in [-0.2, -0.15) is 0 Å². The molecule has 0 fully saturated rings. The second-order valence-electron chi connectivity index (χ2n) is 9.16. The van der Waals surface area contributed by atoms with Crippen molar-refractivity contribution in [2.24, 2.45) is 5.92 Å². The molecule has 28 heavy (non-hydrogen) atoms. The summed E-state index contributed by atoms with van der Waals surface area (Å²) in [5.41, 5.74) is 0. The van der Waals surface area contributed by atoms with Gasteiger partial charge in [0.2, 0.25) is 0 Å². The molecule has 0 saturated heterocycles. The van der Waals surface area contributed by atoms with Crippen LogP contribution in [0.3, 0.4) is 0 Å². The van der Waals surface area contributed by atoms with Crippen molar-refractivity contribution in [3.63, 3.8) is 0 Å². The quantitative estimate of drug-likeness (QED) is 0.135. The molecule has 0 aromatic carbocycles. The number of carbonyl (C=O) groups is 1. The Labute approximate surface area is 177 Å². The molecule has 0 heterocycles. The number of esters is 1. The summed E-state index contributed by atoms with van der Waals surface area (Å²) in [5.74, 6) is 0.885. The van der Waals surface area contributed by atoms with Gasteiger partial charge in [0, 0.05) is 6.42 Å². The highest BCUT2D eigenvalue weighted by Crippen LogP contribution is 2.14. The third-order valence-electron chi connectivity index (χ3n) is 5.67. The standard InChI is InChI=1S/C26H52O2/c1-4-5-6-7-13-17-20-23-26(27)28-24-21-18-15-12-10-8-9-11-14-16-19-22-25(2)3/h25H,4-24H2,1-3H3. The molecule has 0 aliphatic carbocycles. The van der Waals surface area contributed by atoms with Crippen LogP contribution in [-0.2, 0) is 9.53 Å². The summed E-state index contributed by atoms with van der Waals surface area (Å²) < 4.78 is 5.35. The topological polar surface area (TPSA) is 26.3 Å². The molecule has 0 aromatic rings. The van der Waals surface area contributed by atoms with Crippen molar-refractivity contribution in [3.05, 3.63) is 0 Å². The number of rotatable bonds is 22. The first kappa shape index (κ1) is 27.5. The number of hydrogen-bond donors (Lipinski definition) is 0. The molecule has 0 amide bonds. The largest absolute Gasteiger partial charge is 0.466 e. The summed E-state index contributed by atoms with van der Waals surface area (Å²) in [4.78, 5) is 11.7. The minimum absolute atomic E-state index is 0.0157. The van der Waals surface area contributed by atoms with Crippen molar-refractivity contribution in [2.75, 3.05) is 6.61 Å². The first-order chi connectivity index (χ1) is 13.7. The Kier molecular flexibility index (Phi) is 22.3. The van der Waals surface area contributed by atoms with Gasteiger partial charge in [-0.05, 0) is 18.8 Å². The van der Waals surface area contributed by atoms with E-state index >= 15 is 0 Å². The van der Waals surface area contributed by atoms with Crippen LogP contribution < -0.4 is 0 Å². The van der Waals surface area contributed by atoms with Crippen molar-refractivity contribution in [1.82, 2.24) is 0 Å². The molecule has 0 aromatic heterocycles. The van der Waals surface area contributed by atoms with Gasteiger partial charge in [0.1, 0.15) is 0 Å². The van der Waals surface area contributed by atoms with E-state index in [2.05, 4.69) is 20.8 Å². The molecule has 0 aliphatic heterocycles. The number of ether oxygens (including phenoxy) is 1. The van der Waals surface area contributed by atoms with Crippen LogP contribution >= 0.6 is 0 Å². The molecule has 168 valence electrons. The molecule has 0 bridgehead atoms. The lowest BCUT2D eigenvalue weighted by Gasteiger charge is -2.06. The van der Waals surface area contributed by atoms with Gasteiger partial charge < -0.3 is 4.74 Å². The zero-order chi connectivity index (χ0) is 20.7. The monoisotopic (exact) mass is 396 g/mol. The van der Waals surface area contributed by atoms with Gasteiger partial charge in [-0.15, -0.1) is 0 Å². The van der Waals surface area contributed by atoms with Crippen LogP contribution in [0.1, 0.15) is 149 Å². The Morgan fingerprint density at radius 3 is 1.54 bits per heavy atom. The smallest absolute Gasteiger partial charge is 0.305 e. The molecule has 0 aliphatic rings. The van der Waals surface area contributed by atoms with E-state index in [0.717, 1.165) is 18.8 Å². The molecule has 0 N–H and O–H groups in total. The van der Waals surface area contributed by atoms with E-state index in [9.17, 15) is 4.79 Å². The summed E-state index contributed by atoms with van der Waals surface area (Å²) in [5, 5.41) is 0. The molecule has 0 rings (SSSR count). The van der Waals surface area contributed by atoms with Gasteiger partial charge >= 0.3 is 5.97 Å². The highest BCUT2D eigenvalue weighted by molar-refractivity contribution is 5.69. The van der Waals surface area contributed by atoms with E-state index in [1.807, 2.05) is 0 Å². The van der Waals surface area contributed by atoms with E-state index in [4.69, 9.17) is 4.74 Å². The zero-order valence-electron chi connectivity index (χ0n) is 19.7. The lowest BCUT2D eigenvalue weighted by molar-refractivity contribution is -0.143. The maximum atomic E-state index is 11.7. The molecule has 2 nitrogen and oxygen atoms in total. The Morgan fingerprint density at radius 2 is 1.04 bits per heavy atom. The average Bonchev–Trinajstić information content (AvgIpc) is 2.67. The molecule has 0 saturated carbocycles. The van der Waals surface area contributed by atoms with Crippen molar-refractivity contribution < 1.29 is 9.53 Å². The van der Waals surface area contributed by atoms with Crippen molar-refractivity contribution >= 4 is 5.97 Å². The summed E-state index contributed by atoms with van der Waals surface area (Å²) in [6.07, 6.45) is 25.6. The van der Waals surface area contributed by atoms with Crippen LogP contribution in [-0.4, -0.2) is 12.6 Å². The predicted octanol–water partition coefficient (Wildman–Crippen LogP) is 9.01. The van der Waals surface area contributed by atoms with Gasteiger partial charge in [-0.3, -0.25) is 4.79 Å². The highest BCUT2D eigenvalue weighted by Gasteiger charge is 2.02. The van der Waals surface area contributed by atoms with Crippen molar-refractivity contribution in [1.29, 1.82) is 0 Å². The zero-order valence-corrected chi connectivity index (χ0v) is 19.7. The van der Waals surface area contributed by atoms with E-state index < -0.39 is 0 Å². The molecular formula is C26H52O2. The van der Waals surface area contributed by atoms with Crippen molar-refractivity contribution in [2.45, 2.75) is 149 Å². The maximum absolute atomic E-state index is 11.7. The second kappa shape index (κ2) is 22.8. The van der Waals surface area contributed by atoms with Crippen molar-refractivity contribution in [3.8, 4) is 0 Å². The van der Waals surface area contributed by atoms with Crippen LogP contribution in [0.5, 0.6) is 0 Å². The van der Waals surface area contributed by atoms with E-state index in [0.29, 0.717) is 13.0 Å². The minimum atomic E-state index is 0.0157. The first-order valence-corrected chi connectivity index (χ1v) is 12.8. The van der Waals surface area contributed by atoms with E-state index in [-0.39, 0.29) is 5.97 Å². The van der Waals surface area contributed by atoms with Gasteiger partial charge in [-0.1, -0.05) is 130 Å². The summed E-state index contributed by atoms with van der Waals surface area (Å²) in [6, 6.07) is 0. The number of unbranched alkanes of at least 4 members (excludes halogenated alkanes) is 16.